The van der Waals surface area contributed by atoms with Crippen molar-refractivity contribution in [2.75, 3.05) is 25.3 Å². The van der Waals surface area contributed by atoms with Crippen molar-refractivity contribution in [3.05, 3.63) is 126 Å². The van der Waals surface area contributed by atoms with E-state index >= 15 is 0 Å². The highest BCUT2D eigenvalue weighted by Gasteiger charge is 2.31. The molecular formula is C39H31Cl3F7N6O20PS. The number of hydrogen-bond acceptors (Lipinski definition) is 17. The Morgan fingerprint density at radius 3 is 1.79 bits per heavy atom. The first-order valence-electron chi connectivity index (χ1n) is 19.3. The van der Waals surface area contributed by atoms with Gasteiger partial charge >= 0.3 is 56.9 Å². The second-order valence-corrected chi connectivity index (χ2v) is 17.9. The monoisotopic (exact) mass is 1200 g/mol. The number of ether oxygens (including phenoxy) is 4. The topological polar surface area (TPSA) is 400 Å². The van der Waals surface area contributed by atoms with E-state index in [1.807, 2.05) is 0 Å². The van der Waals surface area contributed by atoms with Crippen LogP contribution in [0.1, 0.15) is 36.6 Å². The van der Waals surface area contributed by atoms with Crippen molar-refractivity contribution in [3.63, 3.8) is 0 Å². The number of hydrogen-bond donors (Lipinski definition) is 9. The predicted octanol–water partition coefficient (Wildman–Crippen LogP) is 8.14. The van der Waals surface area contributed by atoms with Gasteiger partial charge in [0, 0.05) is 12.1 Å². The molecule has 0 atom stereocenters. The van der Waals surface area contributed by atoms with E-state index in [1.54, 1.807) is 5.32 Å². The standard InChI is InChI=1S/C14H7ClF3NO5.C14H10F4N4O7S.C8H6Cl2O3.C3H8NO5P/c15-10-5-7(14(16,17)18)1-4-12(10)24-8-2-3-11(19(22)23)9(6-8)13(20)21;15-11(16)28-8-5-9(29-12(17)18)20-13(19-8)21-14(25)22-30(26,27)7-4-2-1-3-6(7)10(23)24;1-13-7-5(10)3-2-4(9)6(7)8(11)12;5-3(6)1-4-2-10(7,8)9/h1-6H,(H,20,21);1-5,11-12H,(H,23,24)(H2,19,20,21,22,25);2-3H,1H3,(H,11,12);4H,1-2H2,(H,5,6)(H2,7,8,9). The van der Waals surface area contributed by atoms with E-state index in [4.69, 9.17) is 74.5 Å². The van der Waals surface area contributed by atoms with E-state index in [1.165, 1.54) is 36.1 Å². The van der Waals surface area contributed by atoms with Crippen molar-refractivity contribution in [2.45, 2.75) is 24.3 Å². The highest BCUT2D eigenvalue weighted by Crippen LogP contribution is 2.38. The molecule has 4 aromatic carbocycles. The number of aromatic carboxylic acids is 3. The number of nitro groups is 1. The van der Waals surface area contributed by atoms with Gasteiger partial charge in [-0.1, -0.05) is 46.9 Å². The molecule has 0 unspecified atom stereocenters. The van der Waals surface area contributed by atoms with E-state index in [2.05, 4.69) is 24.8 Å². The highest BCUT2D eigenvalue weighted by molar-refractivity contribution is 7.90. The molecule has 2 amide bonds. The fourth-order valence-corrected chi connectivity index (χ4v) is 7.18. The van der Waals surface area contributed by atoms with E-state index < -0.39 is 130 Å². The summed E-state index contributed by atoms with van der Waals surface area (Å²) in [5.41, 5.74) is -3.01. The molecular weight excluding hydrogens is 1170 g/mol. The Bertz CT molecular complexity index is 3120. The summed E-state index contributed by atoms with van der Waals surface area (Å²) in [4.78, 5) is 86.7. The number of methoxy groups -OCH3 is 1. The first kappa shape index (κ1) is 65.3. The maximum atomic E-state index is 12.6. The molecule has 1 aromatic heterocycles. The number of nitrogens with one attached hydrogen (secondary N) is 3. The second-order valence-electron chi connectivity index (χ2n) is 13.4. The summed E-state index contributed by atoms with van der Waals surface area (Å²) < 4.78 is 141. The van der Waals surface area contributed by atoms with Crippen LogP contribution in [0.2, 0.25) is 15.1 Å². The SMILES string of the molecule is COc1c(Cl)ccc(Cl)c1C(=O)O.O=C(Nc1nc(OC(F)F)cc(OC(F)F)n1)NS(=O)(=O)c1ccccc1C(=O)O.O=C(O)CNCP(=O)(O)O.O=C(O)c1cc(Oc2ccc(C(F)(F)F)cc2Cl)ccc1[N+](=O)[O-]. The van der Waals surface area contributed by atoms with Gasteiger partial charge in [-0.05, 0) is 48.5 Å². The van der Waals surface area contributed by atoms with Crippen LogP contribution >= 0.6 is 42.4 Å². The number of amides is 2. The van der Waals surface area contributed by atoms with Crippen LogP contribution in [0.5, 0.6) is 29.0 Å². The molecule has 26 nitrogen and oxygen atoms in total. The molecule has 0 radical (unpaired) electrons. The molecule has 1 heterocycles. The number of aromatic nitrogens is 2. The van der Waals surface area contributed by atoms with Gasteiger partial charge in [0.2, 0.25) is 17.7 Å². The van der Waals surface area contributed by atoms with Gasteiger partial charge in [-0.3, -0.25) is 30.1 Å². The predicted molar refractivity (Wildman–Crippen MR) is 247 cm³/mol. The summed E-state index contributed by atoms with van der Waals surface area (Å²) in [5, 5.41) is 49.3. The number of carboxylic acid groups (broad SMARTS) is 4. The van der Waals surface area contributed by atoms with Gasteiger partial charge in [-0.2, -0.15) is 40.7 Å². The maximum absolute atomic E-state index is 12.6. The Hall–Kier alpha value is -7.85. The second kappa shape index (κ2) is 28.9. The number of aliphatic carboxylic acids is 1. The largest absolute Gasteiger partial charge is 0.494 e. The molecule has 0 saturated heterocycles. The number of carbonyl (C=O) groups excluding carboxylic acids is 1. The van der Waals surface area contributed by atoms with Gasteiger partial charge in [-0.25, -0.2) is 32.3 Å². The van der Waals surface area contributed by atoms with E-state index in [0.29, 0.717) is 12.1 Å². The number of nitrogens with zero attached hydrogens (tertiary/aromatic N) is 3. The number of alkyl halides is 7. The summed E-state index contributed by atoms with van der Waals surface area (Å²) in [6, 6.07) is 11.4. The van der Waals surface area contributed by atoms with Crippen molar-refractivity contribution >= 4 is 94.0 Å². The third kappa shape index (κ3) is 22.1. The summed E-state index contributed by atoms with van der Waals surface area (Å²) in [5.74, 6) is -8.51. The molecule has 5 aromatic rings. The van der Waals surface area contributed by atoms with Gasteiger partial charge in [0.25, 0.3) is 15.7 Å². The normalized spacial score (nSPS) is 11.0. The molecule has 418 valence electrons. The number of nitro benzene ring substituents is 1. The molecule has 5 rings (SSSR count). The first-order chi connectivity index (χ1) is 35.6. The lowest BCUT2D eigenvalue weighted by atomic mass is 10.1. The van der Waals surface area contributed by atoms with Crippen LogP contribution in [0, 0.1) is 10.1 Å². The summed E-state index contributed by atoms with van der Waals surface area (Å²) >= 11 is 17.1. The molecule has 0 spiro atoms. The van der Waals surface area contributed by atoms with Gasteiger partial charge < -0.3 is 49.2 Å². The smallest absolute Gasteiger partial charge is 0.416 e. The molecule has 0 aliphatic carbocycles. The number of carbonyl (C=O) groups is 5. The van der Waals surface area contributed by atoms with E-state index in [-0.39, 0.29) is 37.9 Å². The molecule has 0 fully saturated rings. The quantitative estimate of drug-likeness (QED) is 0.0173. The highest BCUT2D eigenvalue weighted by atomic mass is 35.5. The summed E-state index contributed by atoms with van der Waals surface area (Å²) in [7, 11) is -7.47. The Labute approximate surface area is 439 Å². The Morgan fingerprint density at radius 2 is 1.34 bits per heavy atom. The number of halogens is 10. The van der Waals surface area contributed by atoms with Crippen molar-refractivity contribution < 1.29 is 122 Å². The molecule has 0 aliphatic rings. The van der Waals surface area contributed by atoms with Crippen molar-refractivity contribution in [1.82, 2.24) is 20.0 Å². The molecule has 77 heavy (non-hydrogen) atoms. The summed E-state index contributed by atoms with van der Waals surface area (Å²) in [6.45, 7) is -7.26. The van der Waals surface area contributed by atoms with Gasteiger partial charge in [0.05, 0.1) is 57.1 Å². The number of benzene rings is 4. The van der Waals surface area contributed by atoms with Crippen LogP contribution in [0.4, 0.5) is 47.2 Å². The number of sulfonamides is 1. The minimum atomic E-state index is -4.71. The van der Waals surface area contributed by atoms with Crippen LogP contribution in [0.25, 0.3) is 0 Å². The fourth-order valence-electron chi connectivity index (χ4n) is 4.98. The van der Waals surface area contributed by atoms with Crippen LogP contribution in [-0.2, 0) is 25.6 Å². The molecule has 0 saturated carbocycles. The van der Waals surface area contributed by atoms with Crippen LogP contribution in [0.15, 0.2) is 83.8 Å². The molecule has 9 N–H and O–H groups in total. The average Bonchev–Trinajstić information content (AvgIpc) is 3.29. The number of urea groups is 1. The van der Waals surface area contributed by atoms with Crippen molar-refractivity contribution in [2.24, 2.45) is 0 Å². The molecule has 0 bridgehead atoms. The number of rotatable bonds is 18. The lowest BCUT2D eigenvalue weighted by molar-refractivity contribution is -0.385. The Balaban J connectivity index is 0.000000382. The van der Waals surface area contributed by atoms with E-state index in [9.17, 15) is 77.8 Å². The lowest BCUT2D eigenvalue weighted by Crippen LogP contribution is -2.35. The van der Waals surface area contributed by atoms with Crippen LogP contribution in [0.3, 0.4) is 0 Å². The maximum Gasteiger partial charge on any atom is 0.416 e. The number of carboxylic acids is 4. The Kier molecular flexibility index (Phi) is 24.5. The molecule has 0 aliphatic heterocycles. The van der Waals surface area contributed by atoms with Gasteiger partial charge in [0.1, 0.15) is 27.5 Å². The minimum Gasteiger partial charge on any atom is -0.494 e. The third-order valence-corrected chi connectivity index (χ3v) is 10.8. The van der Waals surface area contributed by atoms with Crippen molar-refractivity contribution in [3.8, 4) is 29.0 Å². The minimum absolute atomic E-state index is 0.0849. The number of anilines is 1. The summed E-state index contributed by atoms with van der Waals surface area (Å²) in [6.07, 6.45) is -5.18. The van der Waals surface area contributed by atoms with Gasteiger partial charge in [-0.15, -0.1) is 0 Å². The Morgan fingerprint density at radius 1 is 0.779 bits per heavy atom. The fraction of sp³-hybridized carbons (Fsp3) is 0.154. The van der Waals surface area contributed by atoms with Crippen molar-refractivity contribution in [1.29, 1.82) is 0 Å². The first-order valence-corrected chi connectivity index (χ1v) is 23.7. The zero-order valence-electron chi connectivity index (χ0n) is 37.4. The lowest BCUT2D eigenvalue weighted by Gasteiger charge is -2.11. The third-order valence-electron chi connectivity index (χ3n) is 7.91. The average molecular weight is 1210 g/mol. The zero-order valence-corrected chi connectivity index (χ0v) is 41.4. The zero-order chi connectivity index (χ0) is 58.7. The molecule has 38 heteroatoms. The van der Waals surface area contributed by atoms with Crippen LogP contribution in [-0.4, -0.2) is 117 Å². The van der Waals surface area contributed by atoms with E-state index in [0.717, 1.165) is 42.5 Å². The van der Waals surface area contributed by atoms with Crippen LogP contribution < -0.4 is 34.3 Å². The van der Waals surface area contributed by atoms with Gasteiger partial charge in [0.15, 0.2) is 5.75 Å².